The maximum Gasteiger partial charge on any atom is 0.200 e. The molecule has 4 heterocycles. The van der Waals surface area contributed by atoms with Gasteiger partial charge in [-0.05, 0) is 43.2 Å². The molecule has 1 fully saturated rings. The highest BCUT2D eigenvalue weighted by molar-refractivity contribution is 5.74. The van der Waals surface area contributed by atoms with E-state index in [2.05, 4.69) is 25.8 Å². The van der Waals surface area contributed by atoms with E-state index in [9.17, 15) is 0 Å². The Morgan fingerprint density at radius 1 is 1.03 bits per heavy atom. The SMILES string of the molecule is COc1ccc(-c2cc(N3CCc4nc(C5CC5)nn4CC3)c3nncn3n2)cc1. The van der Waals surface area contributed by atoms with E-state index in [1.54, 1.807) is 18.0 Å². The van der Waals surface area contributed by atoms with Crippen LogP contribution in [0.25, 0.3) is 16.9 Å². The lowest BCUT2D eigenvalue weighted by Crippen LogP contribution is -2.27. The van der Waals surface area contributed by atoms with Gasteiger partial charge in [0.1, 0.15) is 17.9 Å². The standard InChI is InChI=1S/C21H22N8O/c1-30-16-6-4-14(5-7-16)17-12-18(21-24-22-13-29(21)25-17)27-9-8-19-23-20(15-2-3-15)26-28(19)11-10-27/h4-7,12-13,15H,2-3,8-11H2,1H3. The number of anilines is 1. The van der Waals surface area contributed by atoms with Gasteiger partial charge in [0, 0.05) is 31.0 Å². The number of ether oxygens (including phenoxy) is 1. The average molecular weight is 402 g/mol. The number of benzene rings is 1. The first-order valence-corrected chi connectivity index (χ1v) is 10.3. The lowest BCUT2D eigenvalue weighted by atomic mass is 10.1. The minimum absolute atomic E-state index is 0.586. The van der Waals surface area contributed by atoms with Crippen LogP contribution < -0.4 is 9.64 Å². The lowest BCUT2D eigenvalue weighted by Gasteiger charge is -2.23. The summed E-state index contributed by atoms with van der Waals surface area (Å²) in [4.78, 5) is 7.14. The molecule has 0 amide bonds. The molecule has 1 aliphatic heterocycles. The fourth-order valence-electron chi connectivity index (χ4n) is 4.02. The number of methoxy groups -OCH3 is 1. The summed E-state index contributed by atoms with van der Waals surface area (Å²) in [7, 11) is 1.67. The van der Waals surface area contributed by atoms with Crippen molar-refractivity contribution in [3.8, 4) is 17.0 Å². The molecular weight excluding hydrogens is 380 g/mol. The Kier molecular flexibility index (Phi) is 3.93. The minimum Gasteiger partial charge on any atom is -0.497 e. The van der Waals surface area contributed by atoms with Crippen LogP contribution in [-0.4, -0.2) is 54.8 Å². The van der Waals surface area contributed by atoms with Crippen molar-refractivity contribution in [2.24, 2.45) is 0 Å². The number of fused-ring (bicyclic) bond motifs is 2. The molecule has 0 N–H and O–H groups in total. The fourth-order valence-corrected chi connectivity index (χ4v) is 4.02. The van der Waals surface area contributed by atoms with Crippen molar-refractivity contribution in [3.05, 3.63) is 48.3 Å². The van der Waals surface area contributed by atoms with Gasteiger partial charge in [-0.15, -0.1) is 10.2 Å². The summed E-state index contributed by atoms with van der Waals surface area (Å²) in [6, 6.07) is 10.0. The molecule has 0 bridgehead atoms. The molecule has 1 aliphatic carbocycles. The first kappa shape index (κ1) is 17.4. The van der Waals surface area contributed by atoms with Gasteiger partial charge in [-0.3, -0.25) is 0 Å². The minimum atomic E-state index is 0.586. The Balaban J connectivity index is 1.34. The van der Waals surface area contributed by atoms with Crippen LogP contribution in [0.1, 0.15) is 30.4 Å². The van der Waals surface area contributed by atoms with Crippen LogP contribution in [0.4, 0.5) is 5.69 Å². The number of hydrogen-bond donors (Lipinski definition) is 0. The molecule has 6 rings (SSSR count). The van der Waals surface area contributed by atoms with Crippen LogP contribution in [0.3, 0.4) is 0 Å². The second-order valence-corrected chi connectivity index (χ2v) is 7.86. The molecule has 0 spiro atoms. The Labute approximate surface area is 173 Å². The first-order valence-electron chi connectivity index (χ1n) is 10.3. The van der Waals surface area contributed by atoms with E-state index in [4.69, 9.17) is 19.9 Å². The third-order valence-corrected chi connectivity index (χ3v) is 5.87. The number of rotatable bonds is 4. The van der Waals surface area contributed by atoms with Crippen molar-refractivity contribution in [2.45, 2.75) is 31.7 Å². The van der Waals surface area contributed by atoms with Gasteiger partial charge in [-0.1, -0.05) is 0 Å². The highest BCUT2D eigenvalue weighted by atomic mass is 16.5. The molecule has 1 saturated carbocycles. The molecule has 9 nitrogen and oxygen atoms in total. The highest BCUT2D eigenvalue weighted by Gasteiger charge is 2.30. The molecule has 0 unspecified atom stereocenters. The van der Waals surface area contributed by atoms with Crippen molar-refractivity contribution in [3.63, 3.8) is 0 Å². The topological polar surface area (TPSA) is 86.3 Å². The average Bonchev–Trinajstić information content (AvgIpc) is 3.44. The van der Waals surface area contributed by atoms with E-state index in [1.807, 2.05) is 24.3 Å². The van der Waals surface area contributed by atoms with E-state index in [0.717, 1.165) is 66.0 Å². The third kappa shape index (κ3) is 2.97. The van der Waals surface area contributed by atoms with Crippen molar-refractivity contribution >= 4 is 11.3 Å². The molecular formula is C21H22N8O. The lowest BCUT2D eigenvalue weighted by molar-refractivity contribution is 0.415. The summed E-state index contributed by atoms with van der Waals surface area (Å²) < 4.78 is 9.11. The van der Waals surface area contributed by atoms with Crippen LogP contribution >= 0.6 is 0 Å². The molecule has 4 aromatic rings. The molecule has 152 valence electrons. The monoisotopic (exact) mass is 402 g/mol. The van der Waals surface area contributed by atoms with Crippen LogP contribution in [-0.2, 0) is 13.0 Å². The van der Waals surface area contributed by atoms with Crippen molar-refractivity contribution in [2.75, 3.05) is 25.1 Å². The molecule has 0 radical (unpaired) electrons. The molecule has 9 heteroatoms. The van der Waals surface area contributed by atoms with Crippen LogP contribution in [0.5, 0.6) is 5.75 Å². The summed E-state index contributed by atoms with van der Waals surface area (Å²) in [6.45, 7) is 2.52. The van der Waals surface area contributed by atoms with E-state index in [1.165, 1.54) is 12.8 Å². The Morgan fingerprint density at radius 3 is 2.70 bits per heavy atom. The van der Waals surface area contributed by atoms with Gasteiger partial charge in [0.25, 0.3) is 0 Å². The molecule has 0 saturated heterocycles. The van der Waals surface area contributed by atoms with Gasteiger partial charge in [0.15, 0.2) is 5.82 Å². The fraction of sp³-hybridized carbons (Fsp3) is 0.381. The van der Waals surface area contributed by atoms with Gasteiger partial charge < -0.3 is 9.64 Å². The highest BCUT2D eigenvalue weighted by Crippen LogP contribution is 2.38. The summed E-state index contributed by atoms with van der Waals surface area (Å²) in [5.41, 5.74) is 3.68. The molecule has 2 aliphatic rings. The summed E-state index contributed by atoms with van der Waals surface area (Å²) in [5.74, 6) is 3.53. The normalized spacial score (nSPS) is 16.5. The quantitative estimate of drug-likeness (QED) is 0.518. The molecule has 0 atom stereocenters. The van der Waals surface area contributed by atoms with Crippen molar-refractivity contribution < 1.29 is 4.74 Å². The zero-order chi connectivity index (χ0) is 20.1. The van der Waals surface area contributed by atoms with Gasteiger partial charge in [-0.2, -0.15) is 14.7 Å². The zero-order valence-electron chi connectivity index (χ0n) is 16.8. The summed E-state index contributed by atoms with van der Waals surface area (Å²) in [5, 5.41) is 17.9. The first-order chi connectivity index (χ1) is 14.8. The van der Waals surface area contributed by atoms with Gasteiger partial charge in [-0.25, -0.2) is 9.67 Å². The second-order valence-electron chi connectivity index (χ2n) is 7.86. The van der Waals surface area contributed by atoms with Crippen molar-refractivity contribution in [1.29, 1.82) is 0 Å². The largest absolute Gasteiger partial charge is 0.497 e. The van der Waals surface area contributed by atoms with Gasteiger partial charge in [0.05, 0.1) is 25.0 Å². The smallest absolute Gasteiger partial charge is 0.200 e. The number of nitrogens with zero attached hydrogens (tertiary/aromatic N) is 8. The number of hydrogen-bond acceptors (Lipinski definition) is 7. The third-order valence-electron chi connectivity index (χ3n) is 5.87. The van der Waals surface area contributed by atoms with Gasteiger partial charge >= 0.3 is 0 Å². The predicted octanol–water partition coefficient (Wildman–Crippen LogP) is 2.33. The maximum atomic E-state index is 5.28. The molecule has 3 aromatic heterocycles. The Hall–Kier alpha value is -3.49. The maximum absolute atomic E-state index is 5.28. The van der Waals surface area contributed by atoms with E-state index in [-0.39, 0.29) is 0 Å². The second kappa shape index (κ2) is 6.79. The van der Waals surface area contributed by atoms with Crippen LogP contribution in [0, 0.1) is 0 Å². The molecule has 30 heavy (non-hydrogen) atoms. The van der Waals surface area contributed by atoms with E-state index in [0.29, 0.717) is 5.92 Å². The van der Waals surface area contributed by atoms with Crippen LogP contribution in [0.15, 0.2) is 36.7 Å². The predicted molar refractivity (Wildman–Crippen MR) is 111 cm³/mol. The van der Waals surface area contributed by atoms with E-state index >= 15 is 0 Å². The van der Waals surface area contributed by atoms with Crippen LogP contribution in [0.2, 0.25) is 0 Å². The Morgan fingerprint density at radius 2 is 1.90 bits per heavy atom. The zero-order valence-corrected chi connectivity index (χ0v) is 16.8. The number of aromatic nitrogens is 7. The summed E-state index contributed by atoms with van der Waals surface area (Å²) >= 11 is 0. The van der Waals surface area contributed by atoms with Crippen molar-refractivity contribution in [1.82, 2.24) is 34.6 Å². The summed E-state index contributed by atoms with van der Waals surface area (Å²) in [6.07, 6.45) is 4.97. The Bertz CT molecular complexity index is 1180. The van der Waals surface area contributed by atoms with E-state index < -0.39 is 0 Å². The molecule has 1 aromatic carbocycles. The van der Waals surface area contributed by atoms with Gasteiger partial charge in [0.2, 0.25) is 5.65 Å².